The van der Waals surface area contributed by atoms with Gasteiger partial charge in [-0.2, -0.15) is 0 Å². The Balaban J connectivity index is 1.54. The molecule has 3 aromatic rings. The second-order valence-corrected chi connectivity index (χ2v) is 7.85. The number of fused-ring (bicyclic) bond motifs is 1. The van der Waals surface area contributed by atoms with Gasteiger partial charge in [0.1, 0.15) is 0 Å². The number of hydrogen-bond donors (Lipinski definition) is 1. The molecule has 0 radical (unpaired) electrons. The van der Waals surface area contributed by atoms with Crippen LogP contribution in [0.5, 0.6) is 0 Å². The number of rotatable bonds is 6. The van der Waals surface area contributed by atoms with E-state index < -0.39 is 0 Å². The van der Waals surface area contributed by atoms with Gasteiger partial charge in [0.15, 0.2) is 0 Å². The van der Waals surface area contributed by atoms with Crippen LogP contribution in [0.1, 0.15) is 10.4 Å². The van der Waals surface area contributed by atoms with Gasteiger partial charge in [-0.05, 0) is 28.5 Å². The molecule has 0 aliphatic heterocycles. The molecule has 2 amide bonds. The van der Waals surface area contributed by atoms with Crippen molar-refractivity contribution in [1.82, 2.24) is 10.2 Å². The van der Waals surface area contributed by atoms with E-state index >= 15 is 0 Å². The number of amides is 2. The largest absolute Gasteiger partial charge is 0.347 e. The molecule has 0 atom stereocenters. The van der Waals surface area contributed by atoms with Gasteiger partial charge < -0.3 is 10.2 Å². The van der Waals surface area contributed by atoms with Crippen LogP contribution in [-0.4, -0.2) is 30.3 Å². The fraction of sp³-hybridized carbons (Fsp3) is 0.200. The SMILES string of the molecule is CN(Cc1ccc(Cl)s1)C(=O)CNC(=O)Cc1cccc2ccccc12. The molecule has 2 aromatic carbocycles. The first kappa shape index (κ1) is 18.4. The van der Waals surface area contributed by atoms with Crippen molar-refractivity contribution in [2.75, 3.05) is 13.6 Å². The molecule has 0 unspecified atom stereocenters. The minimum Gasteiger partial charge on any atom is -0.347 e. The summed E-state index contributed by atoms with van der Waals surface area (Å²) in [5, 5.41) is 4.87. The molecule has 1 heterocycles. The molecule has 1 aromatic heterocycles. The first-order valence-corrected chi connectivity index (χ1v) is 9.44. The van der Waals surface area contributed by atoms with Gasteiger partial charge in [0.2, 0.25) is 11.8 Å². The van der Waals surface area contributed by atoms with Crippen LogP contribution in [0.3, 0.4) is 0 Å². The average molecular weight is 387 g/mol. The molecule has 0 saturated heterocycles. The summed E-state index contributed by atoms with van der Waals surface area (Å²) in [6.45, 7) is 0.467. The molecular weight excluding hydrogens is 368 g/mol. The van der Waals surface area contributed by atoms with E-state index in [1.54, 1.807) is 11.9 Å². The van der Waals surface area contributed by atoms with E-state index in [4.69, 9.17) is 11.6 Å². The molecule has 0 aliphatic carbocycles. The molecule has 0 bridgehead atoms. The molecule has 0 spiro atoms. The summed E-state index contributed by atoms with van der Waals surface area (Å²) in [4.78, 5) is 27.0. The third kappa shape index (κ3) is 4.62. The smallest absolute Gasteiger partial charge is 0.242 e. The van der Waals surface area contributed by atoms with Crippen LogP contribution in [0.25, 0.3) is 10.8 Å². The molecular formula is C20H19ClN2O2S. The van der Waals surface area contributed by atoms with Gasteiger partial charge in [0.25, 0.3) is 0 Å². The molecule has 0 aliphatic rings. The molecule has 4 nitrogen and oxygen atoms in total. The summed E-state index contributed by atoms with van der Waals surface area (Å²) >= 11 is 7.35. The zero-order valence-corrected chi connectivity index (χ0v) is 15.9. The molecule has 134 valence electrons. The van der Waals surface area contributed by atoms with Crippen molar-refractivity contribution in [3.8, 4) is 0 Å². The molecule has 6 heteroatoms. The van der Waals surface area contributed by atoms with Gasteiger partial charge in [-0.1, -0.05) is 54.1 Å². The zero-order valence-electron chi connectivity index (χ0n) is 14.4. The van der Waals surface area contributed by atoms with Gasteiger partial charge in [-0.3, -0.25) is 9.59 Å². The number of halogens is 1. The highest BCUT2D eigenvalue weighted by Crippen LogP contribution is 2.22. The van der Waals surface area contributed by atoms with Crippen LogP contribution >= 0.6 is 22.9 Å². The molecule has 0 saturated carbocycles. The number of hydrogen-bond acceptors (Lipinski definition) is 3. The fourth-order valence-corrected chi connectivity index (χ4v) is 3.89. The lowest BCUT2D eigenvalue weighted by Gasteiger charge is -2.16. The van der Waals surface area contributed by atoms with Crippen molar-refractivity contribution in [3.05, 3.63) is 69.4 Å². The highest BCUT2D eigenvalue weighted by molar-refractivity contribution is 7.16. The third-order valence-electron chi connectivity index (χ3n) is 4.12. The fourth-order valence-electron chi connectivity index (χ4n) is 2.75. The Kier molecular flexibility index (Phi) is 5.91. The van der Waals surface area contributed by atoms with Crippen molar-refractivity contribution in [1.29, 1.82) is 0 Å². The Hall–Kier alpha value is -2.37. The Bertz CT molecular complexity index is 933. The minimum absolute atomic E-state index is 0.0147. The van der Waals surface area contributed by atoms with E-state index in [-0.39, 0.29) is 24.8 Å². The zero-order chi connectivity index (χ0) is 18.5. The maximum absolute atomic E-state index is 12.2. The van der Waals surface area contributed by atoms with Crippen LogP contribution in [0.2, 0.25) is 4.34 Å². The van der Waals surface area contributed by atoms with Gasteiger partial charge in [0, 0.05) is 11.9 Å². The second kappa shape index (κ2) is 8.34. The summed E-state index contributed by atoms with van der Waals surface area (Å²) in [6, 6.07) is 17.6. The highest BCUT2D eigenvalue weighted by Gasteiger charge is 2.13. The number of benzene rings is 2. The van der Waals surface area contributed by atoms with E-state index in [0.29, 0.717) is 10.9 Å². The monoisotopic (exact) mass is 386 g/mol. The summed E-state index contributed by atoms with van der Waals surface area (Å²) in [7, 11) is 1.72. The predicted octanol–water partition coefficient (Wildman–Crippen LogP) is 3.87. The van der Waals surface area contributed by atoms with Crippen LogP contribution in [0.4, 0.5) is 0 Å². The van der Waals surface area contributed by atoms with Gasteiger partial charge in [0.05, 0.1) is 23.8 Å². The van der Waals surface area contributed by atoms with E-state index in [9.17, 15) is 9.59 Å². The Morgan fingerprint density at radius 3 is 2.62 bits per heavy atom. The van der Waals surface area contributed by atoms with E-state index in [1.165, 1.54) is 11.3 Å². The Morgan fingerprint density at radius 1 is 1.08 bits per heavy atom. The lowest BCUT2D eigenvalue weighted by atomic mass is 10.0. The third-order valence-corrected chi connectivity index (χ3v) is 5.33. The van der Waals surface area contributed by atoms with Crippen molar-refractivity contribution >= 4 is 45.5 Å². The molecule has 26 heavy (non-hydrogen) atoms. The van der Waals surface area contributed by atoms with E-state index in [0.717, 1.165) is 21.2 Å². The second-order valence-electron chi connectivity index (χ2n) is 6.05. The number of likely N-dealkylation sites (N-methyl/N-ethyl adjacent to an activating group) is 1. The van der Waals surface area contributed by atoms with Gasteiger partial charge in [-0.25, -0.2) is 0 Å². The average Bonchev–Trinajstić information content (AvgIpc) is 3.04. The number of carbonyl (C=O) groups excluding carboxylic acids is 2. The first-order valence-electron chi connectivity index (χ1n) is 8.24. The van der Waals surface area contributed by atoms with Crippen molar-refractivity contribution in [2.24, 2.45) is 0 Å². The number of carbonyl (C=O) groups is 2. The summed E-state index contributed by atoms with van der Waals surface area (Å²) < 4.78 is 0.698. The summed E-state index contributed by atoms with van der Waals surface area (Å²) in [5.74, 6) is -0.303. The van der Waals surface area contributed by atoms with Crippen molar-refractivity contribution in [2.45, 2.75) is 13.0 Å². The lowest BCUT2D eigenvalue weighted by molar-refractivity contribution is -0.132. The highest BCUT2D eigenvalue weighted by atomic mass is 35.5. The predicted molar refractivity (Wildman–Crippen MR) is 106 cm³/mol. The Labute approximate surface area is 161 Å². The first-order chi connectivity index (χ1) is 12.5. The van der Waals surface area contributed by atoms with Gasteiger partial charge in [-0.15, -0.1) is 11.3 Å². The normalized spacial score (nSPS) is 10.7. The molecule has 3 rings (SSSR count). The summed E-state index contributed by atoms with van der Waals surface area (Å²) in [6.07, 6.45) is 0.249. The summed E-state index contributed by atoms with van der Waals surface area (Å²) in [5.41, 5.74) is 0.953. The minimum atomic E-state index is -0.165. The Morgan fingerprint density at radius 2 is 1.85 bits per heavy atom. The van der Waals surface area contributed by atoms with Crippen LogP contribution < -0.4 is 5.32 Å². The lowest BCUT2D eigenvalue weighted by Crippen LogP contribution is -2.38. The van der Waals surface area contributed by atoms with Crippen molar-refractivity contribution < 1.29 is 9.59 Å². The quantitative estimate of drug-likeness (QED) is 0.699. The van der Waals surface area contributed by atoms with E-state index in [1.807, 2.05) is 54.6 Å². The topological polar surface area (TPSA) is 49.4 Å². The van der Waals surface area contributed by atoms with E-state index in [2.05, 4.69) is 5.32 Å². The van der Waals surface area contributed by atoms with Crippen molar-refractivity contribution in [3.63, 3.8) is 0 Å². The number of thiophene rings is 1. The molecule has 1 N–H and O–H groups in total. The van der Waals surface area contributed by atoms with Crippen LogP contribution in [0, 0.1) is 0 Å². The standard InChI is InChI=1S/C20H19ClN2O2S/c1-23(13-16-9-10-18(21)26-16)20(25)12-22-19(24)11-15-7-4-6-14-5-2-3-8-17(14)15/h2-10H,11-13H2,1H3,(H,22,24). The van der Waals surface area contributed by atoms with Gasteiger partial charge >= 0.3 is 0 Å². The van der Waals surface area contributed by atoms with Crippen LogP contribution in [-0.2, 0) is 22.6 Å². The van der Waals surface area contributed by atoms with Crippen LogP contribution in [0.15, 0.2) is 54.6 Å². The maximum atomic E-state index is 12.2. The number of nitrogens with one attached hydrogen (secondary N) is 1. The number of nitrogens with zero attached hydrogens (tertiary/aromatic N) is 1. The maximum Gasteiger partial charge on any atom is 0.242 e. The molecule has 0 fully saturated rings.